The summed E-state index contributed by atoms with van der Waals surface area (Å²) in [5.74, 6) is 0. The van der Waals surface area contributed by atoms with Gasteiger partial charge in [0.25, 0.3) is 0 Å². The van der Waals surface area contributed by atoms with Gasteiger partial charge in [-0.15, -0.1) is 0 Å². The fourth-order valence-electron chi connectivity index (χ4n) is 2.32. The number of hydrogen-bond acceptors (Lipinski definition) is 2. The summed E-state index contributed by atoms with van der Waals surface area (Å²) in [6, 6.07) is 6.63. The van der Waals surface area contributed by atoms with Crippen LogP contribution in [0.3, 0.4) is 0 Å². The van der Waals surface area contributed by atoms with Crippen molar-refractivity contribution in [2.75, 3.05) is 13.1 Å². The van der Waals surface area contributed by atoms with Crippen LogP contribution in [0.25, 0.3) is 11.1 Å². The van der Waals surface area contributed by atoms with Gasteiger partial charge < -0.3 is 5.32 Å². The van der Waals surface area contributed by atoms with Gasteiger partial charge in [0.15, 0.2) is 0 Å². The molecule has 1 aliphatic heterocycles. The molecule has 3 rings (SSSR count). The van der Waals surface area contributed by atoms with Crippen LogP contribution in [0.15, 0.2) is 30.6 Å². The molecule has 0 radical (unpaired) electrons. The van der Waals surface area contributed by atoms with Crippen LogP contribution in [0.2, 0.25) is 5.02 Å². The van der Waals surface area contributed by atoms with Crippen molar-refractivity contribution in [2.45, 2.75) is 19.4 Å². The summed E-state index contributed by atoms with van der Waals surface area (Å²) >= 11 is 6.16. The van der Waals surface area contributed by atoms with Gasteiger partial charge in [0.2, 0.25) is 0 Å². The summed E-state index contributed by atoms with van der Waals surface area (Å²) in [7, 11) is 0. The Balaban J connectivity index is 1.89. The van der Waals surface area contributed by atoms with Crippen LogP contribution in [0.5, 0.6) is 0 Å². The average Bonchev–Trinajstić information content (AvgIpc) is 3.01. The fourth-order valence-corrected chi connectivity index (χ4v) is 2.50. The maximum atomic E-state index is 6.16. The number of hydrogen-bond donors (Lipinski definition) is 1. The summed E-state index contributed by atoms with van der Waals surface area (Å²) in [5, 5.41) is 8.62. The van der Waals surface area contributed by atoms with Gasteiger partial charge in [-0.2, -0.15) is 5.10 Å². The molecule has 1 aromatic carbocycles. The molecule has 1 N–H and O–H groups in total. The first-order valence-electron chi connectivity index (χ1n) is 6.25. The minimum absolute atomic E-state index is 0.486. The van der Waals surface area contributed by atoms with E-state index >= 15 is 0 Å². The molecule has 2 aromatic rings. The van der Waals surface area contributed by atoms with Crippen molar-refractivity contribution in [3.8, 4) is 11.1 Å². The Morgan fingerprint density at radius 2 is 2.28 bits per heavy atom. The van der Waals surface area contributed by atoms with E-state index in [1.54, 1.807) is 0 Å². The number of aryl methyl sites for hydroxylation is 1. The molecule has 18 heavy (non-hydrogen) atoms. The zero-order valence-corrected chi connectivity index (χ0v) is 11.1. The second-order valence-corrected chi connectivity index (χ2v) is 5.23. The lowest BCUT2D eigenvalue weighted by molar-refractivity contribution is 0.491. The van der Waals surface area contributed by atoms with Crippen molar-refractivity contribution in [2.24, 2.45) is 0 Å². The number of halogens is 1. The van der Waals surface area contributed by atoms with Gasteiger partial charge in [-0.25, -0.2) is 0 Å². The first-order valence-corrected chi connectivity index (χ1v) is 6.63. The van der Waals surface area contributed by atoms with Crippen molar-refractivity contribution >= 4 is 11.6 Å². The predicted octanol–water partition coefficient (Wildman–Crippen LogP) is 3.05. The Labute approximate surface area is 112 Å². The van der Waals surface area contributed by atoms with E-state index in [1.165, 1.54) is 0 Å². The molecule has 0 amide bonds. The minimum atomic E-state index is 0.486. The topological polar surface area (TPSA) is 29.9 Å². The lowest BCUT2D eigenvalue weighted by atomic mass is 10.1. The van der Waals surface area contributed by atoms with Crippen molar-refractivity contribution in [3.63, 3.8) is 0 Å². The van der Waals surface area contributed by atoms with Crippen molar-refractivity contribution in [1.82, 2.24) is 15.1 Å². The van der Waals surface area contributed by atoms with E-state index in [-0.39, 0.29) is 0 Å². The molecule has 0 saturated carbocycles. The Kier molecular flexibility index (Phi) is 3.10. The van der Waals surface area contributed by atoms with E-state index in [0.29, 0.717) is 6.04 Å². The molecule has 1 unspecified atom stereocenters. The highest BCUT2D eigenvalue weighted by Crippen LogP contribution is 2.26. The van der Waals surface area contributed by atoms with Crippen LogP contribution in [-0.2, 0) is 0 Å². The van der Waals surface area contributed by atoms with Crippen molar-refractivity contribution < 1.29 is 0 Å². The quantitative estimate of drug-likeness (QED) is 0.901. The van der Waals surface area contributed by atoms with E-state index in [4.69, 9.17) is 11.6 Å². The molecule has 1 atom stereocenters. The normalized spacial score (nSPS) is 19.3. The smallest absolute Gasteiger partial charge is 0.0655 e. The van der Waals surface area contributed by atoms with Crippen LogP contribution < -0.4 is 5.32 Å². The minimum Gasteiger partial charge on any atom is -0.315 e. The van der Waals surface area contributed by atoms with Gasteiger partial charge in [-0.3, -0.25) is 4.68 Å². The summed E-state index contributed by atoms with van der Waals surface area (Å²) < 4.78 is 2.06. The second-order valence-electron chi connectivity index (χ2n) is 4.82. The van der Waals surface area contributed by atoms with E-state index in [1.807, 2.05) is 25.3 Å². The van der Waals surface area contributed by atoms with Gasteiger partial charge in [-0.05, 0) is 37.1 Å². The first kappa shape index (κ1) is 11.8. The number of rotatable bonds is 2. The zero-order chi connectivity index (χ0) is 12.5. The highest BCUT2D eigenvalue weighted by Gasteiger charge is 2.17. The summed E-state index contributed by atoms with van der Waals surface area (Å²) in [5.41, 5.74) is 3.36. The van der Waals surface area contributed by atoms with Crippen LogP contribution in [0.4, 0.5) is 0 Å². The maximum absolute atomic E-state index is 6.16. The molecule has 0 bridgehead atoms. The zero-order valence-electron chi connectivity index (χ0n) is 10.4. The lowest BCUT2D eigenvalue weighted by Gasteiger charge is -2.07. The van der Waals surface area contributed by atoms with Gasteiger partial charge >= 0.3 is 0 Å². The van der Waals surface area contributed by atoms with E-state index in [9.17, 15) is 0 Å². The Morgan fingerprint density at radius 1 is 1.39 bits per heavy atom. The summed E-state index contributed by atoms with van der Waals surface area (Å²) in [6.07, 6.45) is 5.17. The van der Waals surface area contributed by atoms with E-state index in [0.717, 1.165) is 41.2 Å². The highest BCUT2D eigenvalue weighted by atomic mass is 35.5. The highest BCUT2D eigenvalue weighted by molar-refractivity contribution is 6.31. The number of nitrogens with one attached hydrogen (secondary N) is 1. The van der Waals surface area contributed by atoms with E-state index < -0.39 is 0 Å². The van der Waals surface area contributed by atoms with Gasteiger partial charge in [0.05, 0.1) is 12.2 Å². The number of aromatic nitrogens is 2. The average molecular weight is 262 g/mol. The monoisotopic (exact) mass is 261 g/mol. The third-order valence-corrected chi connectivity index (χ3v) is 3.92. The molecule has 94 valence electrons. The van der Waals surface area contributed by atoms with Crippen molar-refractivity contribution in [3.05, 3.63) is 41.2 Å². The number of nitrogens with zero attached hydrogens (tertiary/aromatic N) is 2. The van der Waals surface area contributed by atoms with Crippen molar-refractivity contribution in [1.29, 1.82) is 0 Å². The molecular formula is C14H16ClN3. The molecule has 1 aromatic heterocycles. The molecule has 1 aliphatic rings. The SMILES string of the molecule is Cc1ccc(-c2cnn(C3CCNC3)c2)cc1Cl. The Morgan fingerprint density at radius 3 is 3.00 bits per heavy atom. The van der Waals surface area contributed by atoms with Crippen LogP contribution in [0, 0.1) is 6.92 Å². The van der Waals surface area contributed by atoms with Gasteiger partial charge in [0.1, 0.15) is 0 Å². The third-order valence-electron chi connectivity index (χ3n) is 3.52. The largest absolute Gasteiger partial charge is 0.315 e. The predicted molar refractivity (Wildman–Crippen MR) is 73.9 cm³/mol. The lowest BCUT2D eigenvalue weighted by Crippen LogP contribution is -2.13. The van der Waals surface area contributed by atoms with Crippen LogP contribution in [0.1, 0.15) is 18.0 Å². The third kappa shape index (κ3) is 2.16. The molecule has 4 heteroatoms. The second kappa shape index (κ2) is 4.75. The van der Waals surface area contributed by atoms with Gasteiger partial charge in [0, 0.05) is 23.3 Å². The molecule has 0 aliphatic carbocycles. The Bertz CT molecular complexity index is 556. The van der Waals surface area contributed by atoms with E-state index in [2.05, 4.69) is 27.4 Å². The Hall–Kier alpha value is -1.32. The van der Waals surface area contributed by atoms with Crippen LogP contribution >= 0.6 is 11.6 Å². The standard InChI is InChI=1S/C14H16ClN3/c1-10-2-3-11(6-14(10)15)12-7-17-18(9-12)13-4-5-16-8-13/h2-3,6-7,9,13,16H,4-5,8H2,1H3. The molecule has 1 saturated heterocycles. The molecule has 0 spiro atoms. The fraction of sp³-hybridized carbons (Fsp3) is 0.357. The molecule has 3 nitrogen and oxygen atoms in total. The molecule has 2 heterocycles. The summed E-state index contributed by atoms with van der Waals surface area (Å²) in [6.45, 7) is 4.10. The maximum Gasteiger partial charge on any atom is 0.0655 e. The molecular weight excluding hydrogens is 246 g/mol. The van der Waals surface area contributed by atoms with Gasteiger partial charge in [-0.1, -0.05) is 23.7 Å². The summed E-state index contributed by atoms with van der Waals surface area (Å²) in [4.78, 5) is 0. The number of benzene rings is 1. The van der Waals surface area contributed by atoms with Crippen LogP contribution in [-0.4, -0.2) is 22.9 Å². The first-order chi connectivity index (χ1) is 8.74. The molecule has 1 fully saturated rings.